The van der Waals surface area contributed by atoms with Crippen LogP contribution in [0.1, 0.15) is 142 Å². The molecule has 16 rings (SSSR count). The molecule has 34 nitrogen and oxygen atoms in total. The number of hydrogen-bond donors (Lipinski definition) is 27. The van der Waals surface area contributed by atoms with E-state index in [4.69, 9.17) is 28.4 Å². The van der Waals surface area contributed by atoms with Crippen LogP contribution < -0.4 is 28.4 Å². The van der Waals surface area contributed by atoms with Crippen molar-refractivity contribution in [2.75, 3.05) is 0 Å². The van der Waals surface area contributed by atoms with E-state index >= 15 is 0 Å². The van der Waals surface area contributed by atoms with Gasteiger partial charge in [-0.1, -0.05) is 30.3 Å². The predicted molar refractivity (Wildman–Crippen MR) is 390 cm³/mol. The van der Waals surface area contributed by atoms with Gasteiger partial charge in [0, 0.05) is 92.9 Å². The fourth-order valence-electron chi connectivity index (χ4n) is 16.3. The highest BCUT2D eigenvalue weighted by molar-refractivity contribution is 5.93. The number of benzene rings is 11. The highest BCUT2D eigenvalue weighted by Gasteiger charge is 2.55. The zero-order chi connectivity index (χ0) is 82.7. The molecule has 4 unspecified atom stereocenters. The molecule has 116 heavy (non-hydrogen) atoms. The molecule has 0 amide bonds. The van der Waals surface area contributed by atoms with Gasteiger partial charge in [-0.2, -0.15) is 0 Å². The van der Waals surface area contributed by atoms with Crippen LogP contribution in [-0.4, -0.2) is 174 Å². The molecule has 598 valence electrons. The van der Waals surface area contributed by atoms with Crippen LogP contribution in [0.4, 0.5) is 0 Å². The lowest BCUT2D eigenvalue weighted by molar-refractivity contribution is -0.00965. The van der Waals surface area contributed by atoms with Crippen molar-refractivity contribution in [2.45, 2.75) is 91.1 Å². The van der Waals surface area contributed by atoms with E-state index in [2.05, 4.69) is 0 Å². The van der Waals surface area contributed by atoms with Gasteiger partial charge < -0.3 is 166 Å². The maximum Gasteiger partial charge on any atom is 0.343 e. The van der Waals surface area contributed by atoms with E-state index in [1.165, 1.54) is 12.1 Å². The molecule has 0 saturated carbocycles. The topological polar surface area (TPSA) is 619 Å². The van der Waals surface area contributed by atoms with Gasteiger partial charge in [0.1, 0.15) is 117 Å². The monoisotopic (exact) mass is 1590 g/mol. The number of hydrogen-bond acceptors (Lipinski definition) is 34. The molecular weight excluding hydrogens is 1530 g/mol. The molecule has 0 spiro atoms. The van der Waals surface area contributed by atoms with Crippen LogP contribution >= 0.6 is 0 Å². The molecule has 27 N–H and O–H groups in total. The molecule has 0 aliphatic carbocycles. The Hall–Kier alpha value is -14.7. The minimum atomic E-state index is -2.41. The van der Waals surface area contributed by atoms with Gasteiger partial charge in [0.25, 0.3) is 0 Å². The van der Waals surface area contributed by atoms with Gasteiger partial charge in [0.05, 0.1) is 35.3 Å². The van der Waals surface area contributed by atoms with Gasteiger partial charge in [-0.15, -0.1) is 0 Å². The molecule has 0 aromatic heterocycles. The largest absolute Gasteiger partial charge is 0.508 e. The average molecular weight is 1600 g/mol. The zero-order valence-electron chi connectivity index (χ0n) is 59.0. The molecule has 0 saturated heterocycles. The number of fused-ring (bicyclic) bond motifs is 5. The minimum Gasteiger partial charge on any atom is -0.508 e. The van der Waals surface area contributed by atoms with Crippen LogP contribution in [-0.2, 0) is 6.42 Å². The van der Waals surface area contributed by atoms with Gasteiger partial charge in [-0.3, -0.25) is 0 Å². The summed E-state index contributed by atoms with van der Waals surface area (Å²) in [6.45, 7) is 0. The summed E-state index contributed by atoms with van der Waals surface area (Å²) in [7, 11) is 0. The van der Waals surface area contributed by atoms with Crippen LogP contribution in [0.2, 0.25) is 0 Å². The van der Waals surface area contributed by atoms with Crippen molar-refractivity contribution in [3.05, 3.63) is 223 Å². The van der Waals surface area contributed by atoms with E-state index in [1.807, 2.05) is 0 Å². The summed E-state index contributed by atoms with van der Waals surface area (Å²) in [6.07, 6.45) is -20.9. The van der Waals surface area contributed by atoms with E-state index in [1.54, 1.807) is 0 Å². The molecule has 5 heterocycles. The molecule has 0 fully saturated rings. The summed E-state index contributed by atoms with van der Waals surface area (Å²) < 4.78 is 38.7. The van der Waals surface area contributed by atoms with E-state index in [9.17, 15) is 143 Å². The Balaban J connectivity index is 0.961. The number of phenolic OH excluding ortho intramolecular Hbond substituents is 22. The Labute approximate surface area is 649 Å². The number of ether oxygens (including phenoxy) is 6. The van der Waals surface area contributed by atoms with Crippen molar-refractivity contribution in [2.24, 2.45) is 0 Å². The molecule has 14 atom stereocenters. The summed E-state index contributed by atoms with van der Waals surface area (Å²) in [5, 5.41) is 317. The highest BCUT2D eigenvalue weighted by Crippen LogP contribution is 2.67. The second-order valence-electron chi connectivity index (χ2n) is 28.5. The Morgan fingerprint density at radius 3 is 0.922 bits per heavy atom. The summed E-state index contributed by atoms with van der Waals surface area (Å²) in [6, 6.07) is 21.5. The SMILES string of the molecule is O=C(Oc1cc2c(c(O)c1C1c3c(O)cc(O)c(C4c5c(O)cc(O)c(C6c7c(O)cc(O)c(C8c9c(O)cc(O)cc9O[C@H](c9ccc(O)c(O)c9)[C@@H]8O)c7O[C@H](c7ccc(O)c(O)c7)[C@@H]6O)c5O[C@H](c5ccc(O)c(O)c5)[C@@H]4O)c3O[C@H](c3ccc(O)c(O)c3)[C@@H]1O)C[C@H](O)[C@@H](c1ccc(O)c(O)c1)O2)c1cc(O)c(O)c(O)c1. The number of phenols is 22. The summed E-state index contributed by atoms with van der Waals surface area (Å²) in [5.74, 6) is -33.9. The van der Waals surface area contributed by atoms with Crippen molar-refractivity contribution in [1.82, 2.24) is 0 Å². The van der Waals surface area contributed by atoms with Crippen LogP contribution in [0.15, 0.2) is 140 Å². The number of aromatic hydroxyl groups is 22. The Morgan fingerprint density at radius 1 is 0.276 bits per heavy atom. The van der Waals surface area contributed by atoms with E-state index in [0.29, 0.717) is 30.3 Å². The smallest absolute Gasteiger partial charge is 0.343 e. The quantitative estimate of drug-likeness (QED) is 0.0331. The van der Waals surface area contributed by atoms with Gasteiger partial charge in [-0.05, 0) is 101 Å². The maximum absolute atomic E-state index is 14.6. The third kappa shape index (κ3) is 12.0. The van der Waals surface area contributed by atoms with Crippen molar-refractivity contribution < 1.29 is 171 Å². The average Bonchev–Trinajstić information content (AvgIpc) is 0.703. The highest BCUT2D eigenvalue weighted by atomic mass is 16.5. The Bertz CT molecular complexity index is 5920. The van der Waals surface area contributed by atoms with Crippen LogP contribution in [0.3, 0.4) is 0 Å². The van der Waals surface area contributed by atoms with Crippen molar-refractivity contribution >= 4 is 5.97 Å². The van der Waals surface area contributed by atoms with Crippen LogP contribution in [0.25, 0.3) is 0 Å². The minimum absolute atomic E-state index is 0.0325. The fourth-order valence-corrected chi connectivity index (χ4v) is 16.3. The third-order valence-corrected chi connectivity index (χ3v) is 21.7. The van der Waals surface area contributed by atoms with Gasteiger partial charge in [0.15, 0.2) is 99.2 Å². The number of carbonyl (C=O) groups is 1. The molecule has 11 aromatic carbocycles. The first-order chi connectivity index (χ1) is 55.1. The number of rotatable bonds is 11. The first-order valence-electron chi connectivity index (χ1n) is 35.1. The molecular formula is C82H66O34. The Morgan fingerprint density at radius 2 is 0.578 bits per heavy atom. The first kappa shape index (κ1) is 75.3. The summed E-state index contributed by atoms with van der Waals surface area (Å²) in [4.78, 5) is 14.6. The molecule has 5 aliphatic rings. The summed E-state index contributed by atoms with van der Waals surface area (Å²) >= 11 is 0. The lowest BCUT2D eigenvalue weighted by atomic mass is 9.71. The van der Waals surface area contributed by atoms with Crippen LogP contribution in [0.5, 0.6) is 161 Å². The second kappa shape index (κ2) is 27.6. The third-order valence-electron chi connectivity index (χ3n) is 21.7. The van der Waals surface area contributed by atoms with Gasteiger partial charge >= 0.3 is 5.97 Å². The van der Waals surface area contributed by atoms with Gasteiger partial charge in [-0.25, -0.2) is 4.79 Å². The number of carbonyl (C=O) groups excluding carboxylic acids is 1. The van der Waals surface area contributed by atoms with Crippen molar-refractivity contribution in [1.29, 1.82) is 0 Å². The number of aliphatic hydroxyl groups is 5. The standard InChI is InChI=1S/C82H66O34/c83-31-18-43(94)56-54(19-31)112-75(26-2-7-34(85)39(90)12-26)70(106)64(56)57-44(95)21-45(96)58-65(71(107)76(114-79(57)58)27-3-8-35(86)40(91)13-27)59-46(97)22-47(98)60-66(72(108)77(115-80(59)60)28-4-9-36(87)41(92)14-28)61-48(99)23-49(100)62-67(73(109)78(116-81(61)62)29-5-10-37(88)42(93)15-29)63-55(113-82(110)30-16-50(101)69(105)51(102)17-30)24-53-32(68(63)104)20-52(103)74(111-53)25-1-6-33(84)38(89)11-25/h1-19,21-24,52,64-67,70-78,83-109H,20H2/t52-,64?,65?,66?,67?,70+,71+,72+,73+,74+,75+,76+,77+,78+/m0/s1. The lowest BCUT2D eigenvalue weighted by Crippen LogP contribution is -2.40. The molecule has 34 heteroatoms. The van der Waals surface area contributed by atoms with E-state index < -0.39 is 308 Å². The van der Waals surface area contributed by atoms with Gasteiger partial charge in [0.2, 0.25) is 0 Å². The Kier molecular flexibility index (Phi) is 17.9. The summed E-state index contributed by atoms with van der Waals surface area (Å²) in [5.41, 5.74) is -7.58. The normalized spacial score (nSPS) is 22.9. The predicted octanol–water partition coefficient (Wildman–Crippen LogP) is 7.97. The number of aliphatic hydroxyl groups excluding tert-OH is 5. The fraction of sp³-hybridized carbons (Fsp3) is 0.183. The maximum atomic E-state index is 14.6. The molecule has 5 aliphatic heterocycles. The number of esters is 1. The van der Waals surface area contributed by atoms with Crippen molar-refractivity contribution in [3.8, 4) is 161 Å². The molecule has 11 aromatic rings. The lowest BCUT2D eigenvalue weighted by Gasteiger charge is -2.45. The first-order valence-corrected chi connectivity index (χ1v) is 35.1. The molecule has 0 bridgehead atoms. The molecule has 0 radical (unpaired) electrons. The van der Waals surface area contributed by atoms with E-state index in [-0.39, 0.29) is 33.4 Å². The van der Waals surface area contributed by atoms with E-state index in [0.717, 1.165) is 97.1 Å². The van der Waals surface area contributed by atoms with Crippen molar-refractivity contribution in [3.63, 3.8) is 0 Å². The van der Waals surface area contributed by atoms with Crippen LogP contribution in [0, 0.1) is 0 Å². The zero-order valence-corrected chi connectivity index (χ0v) is 59.0. The second-order valence-corrected chi connectivity index (χ2v) is 28.5.